The van der Waals surface area contributed by atoms with E-state index >= 15 is 0 Å². The Kier molecular flexibility index (Phi) is 4.42. The molecule has 1 saturated heterocycles. The van der Waals surface area contributed by atoms with Crippen molar-refractivity contribution < 1.29 is 9.59 Å². The molecule has 132 valence electrons. The van der Waals surface area contributed by atoms with E-state index in [0.29, 0.717) is 13.1 Å². The largest absolute Gasteiger partial charge is 0.353 e. The fourth-order valence-electron chi connectivity index (χ4n) is 4.11. The molecule has 1 unspecified atom stereocenters. The lowest BCUT2D eigenvalue weighted by atomic mass is 9.88. The minimum atomic E-state index is -0.0256. The third kappa shape index (κ3) is 3.25. The molecular weight excluding hydrogens is 316 g/mol. The molecule has 1 aromatic heterocycles. The fourth-order valence-corrected chi connectivity index (χ4v) is 4.11. The van der Waals surface area contributed by atoms with Crippen molar-refractivity contribution in [1.29, 1.82) is 0 Å². The molecule has 0 aromatic carbocycles. The van der Waals surface area contributed by atoms with Crippen molar-refractivity contribution in [3.05, 3.63) is 35.5 Å². The first-order valence-corrected chi connectivity index (χ1v) is 9.19. The van der Waals surface area contributed by atoms with Gasteiger partial charge in [0, 0.05) is 37.9 Å². The maximum Gasteiger partial charge on any atom is 0.248 e. The average molecular weight is 340 g/mol. The summed E-state index contributed by atoms with van der Waals surface area (Å²) in [6.45, 7) is 2.93. The molecule has 1 saturated carbocycles. The average Bonchev–Trinajstić information content (AvgIpc) is 2.98. The van der Waals surface area contributed by atoms with Crippen LogP contribution in [0.25, 0.3) is 0 Å². The molecule has 0 radical (unpaired) electrons. The zero-order valence-electron chi connectivity index (χ0n) is 14.4. The molecule has 6 nitrogen and oxygen atoms in total. The van der Waals surface area contributed by atoms with Crippen LogP contribution in [0, 0.1) is 0 Å². The van der Waals surface area contributed by atoms with Gasteiger partial charge in [0.05, 0.1) is 12.5 Å². The summed E-state index contributed by atoms with van der Waals surface area (Å²) in [4.78, 5) is 33.4. The van der Waals surface area contributed by atoms with E-state index in [0.717, 1.165) is 50.2 Å². The number of hydrogen-bond acceptors (Lipinski definition) is 4. The standard InChI is InChI=1S/C19H24N4O2/c24-18(13-15-14-5-1-2-6-16(14)21-19(15)25)23-11-9-22(10-12-23)17-7-3-4-8-20-17/h3-4,7-8,16H,1-2,5-6,9-13H2,(H,21,25). The summed E-state index contributed by atoms with van der Waals surface area (Å²) in [7, 11) is 0. The number of piperazine rings is 1. The number of pyridine rings is 1. The quantitative estimate of drug-likeness (QED) is 0.905. The van der Waals surface area contributed by atoms with Crippen molar-refractivity contribution in [2.24, 2.45) is 0 Å². The van der Waals surface area contributed by atoms with Gasteiger partial charge in [-0.3, -0.25) is 9.59 Å². The third-order valence-electron chi connectivity index (χ3n) is 5.51. The van der Waals surface area contributed by atoms with Crippen molar-refractivity contribution in [3.63, 3.8) is 0 Å². The zero-order chi connectivity index (χ0) is 17.2. The molecule has 6 heteroatoms. The van der Waals surface area contributed by atoms with Crippen molar-refractivity contribution in [2.75, 3.05) is 31.1 Å². The van der Waals surface area contributed by atoms with Gasteiger partial charge in [-0.25, -0.2) is 4.98 Å². The van der Waals surface area contributed by atoms with Crippen molar-refractivity contribution >= 4 is 17.6 Å². The molecule has 2 amide bonds. The molecule has 2 fully saturated rings. The van der Waals surface area contributed by atoms with E-state index in [9.17, 15) is 9.59 Å². The van der Waals surface area contributed by atoms with E-state index in [4.69, 9.17) is 0 Å². The summed E-state index contributed by atoms with van der Waals surface area (Å²) in [5, 5.41) is 3.04. The Morgan fingerprint density at radius 2 is 2.04 bits per heavy atom. The number of hydrogen-bond donors (Lipinski definition) is 1. The summed E-state index contributed by atoms with van der Waals surface area (Å²) in [6, 6.07) is 6.07. The number of fused-ring (bicyclic) bond motifs is 1. The van der Waals surface area contributed by atoms with E-state index in [2.05, 4.69) is 15.2 Å². The Labute approximate surface area is 147 Å². The minimum Gasteiger partial charge on any atom is -0.353 e. The highest BCUT2D eigenvalue weighted by atomic mass is 16.2. The lowest BCUT2D eigenvalue weighted by molar-refractivity contribution is -0.131. The van der Waals surface area contributed by atoms with Crippen LogP contribution in [-0.4, -0.2) is 53.9 Å². The number of rotatable bonds is 3. The number of carbonyl (C=O) groups excluding carboxylic acids is 2. The molecule has 0 bridgehead atoms. The Balaban J connectivity index is 1.37. The number of amides is 2. The van der Waals surface area contributed by atoms with Gasteiger partial charge < -0.3 is 15.1 Å². The van der Waals surface area contributed by atoms with Crippen LogP contribution in [0.4, 0.5) is 5.82 Å². The molecule has 1 atom stereocenters. The SMILES string of the molecule is O=C1NC2CCCCC2=C1CC(=O)N1CCN(c2ccccn2)CC1. The van der Waals surface area contributed by atoms with E-state index in [-0.39, 0.29) is 24.3 Å². The van der Waals surface area contributed by atoms with Gasteiger partial charge in [-0.1, -0.05) is 12.5 Å². The van der Waals surface area contributed by atoms with E-state index < -0.39 is 0 Å². The molecule has 1 aromatic rings. The summed E-state index contributed by atoms with van der Waals surface area (Å²) < 4.78 is 0. The lowest BCUT2D eigenvalue weighted by Crippen LogP contribution is -2.49. The lowest BCUT2D eigenvalue weighted by Gasteiger charge is -2.35. The maximum absolute atomic E-state index is 12.7. The van der Waals surface area contributed by atoms with Crippen molar-refractivity contribution in [1.82, 2.24) is 15.2 Å². The van der Waals surface area contributed by atoms with Gasteiger partial charge in [0.1, 0.15) is 5.82 Å². The van der Waals surface area contributed by atoms with Crippen LogP contribution in [0.1, 0.15) is 32.1 Å². The van der Waals surface area contributed by atoms with Gasteiger partial charge in [-0.05, 0) is 37.0 Å². The normalized spacial score (nSPS) is 23.5. The van der Waals surface area contributed by atoms with E-state index in [1.807, 2.05) is 23.1 Å². The molecule has 0 spiro atoms. The third-order valence-corrected chi connectivity index (χ3v) is 5.51. The van der Waals surface area contributed by atoms with Crippen LogP contribution in [0.5, 0.6) is 0 Å². The first-order valence-electron chi connectivity index (χ1n) is 9.19. The highest BCUT2D eigenvalue weighted by molar-refractivity contribution is 6.02. The second kappa shape index (κ2) is 6.86. The first kappa shape index (κ1) is 16.1. The minimum absolute atomic E-state index is 0.0256. The van der Waals surface area contributed by atoms with Gasteiger partial charge in [0.15, 0.2) is 0 Å². The summed E-state index contributed by atoms with van der Waals surface area (Å²) in [6.07, 6.45) is 6.30. The highest BCUT2D eigenvalue weighted by Crippen LogP contribution is 2.32. The fraction of sp³-hybridized carbons (Fsp3) is 0.526. The smallest absolute Gasteiger partial charge is 0.248 e. The Morgan fingerprint density at radius 3 is 2.80 bits per heavy atom. The number of nitrogens with one attached hydrogen (secondary N) is 1. The molecule has 3 heterocycles. The molecule has 1 N–H and O–H groups in total. The highest BCUT2D eigenvalue weighted by Gasteiger charge is 2.34. The Morgan fingerprint density at radius 1 is 1.20 bits per heavy atom. The van der Waals surface area contributed by atoms with E-state index in [1.165, 1.54) is 5.57 Å². The van der Waals surface area contributed by atoms with Crippen molar-refractivity contribution in [2.45, 2.75) is 38.1 Å². The Hall–Kier alpha value is -2.37. The van der Waals surface area contributed by atoms with Gasteiger partial charge in [0.2, 0.25) is 11.8 Å². The van der Waals surface area contributed by atoms with Crippen LogP contribution in [0.2, 0.25) is 0 Å². The molecule has 25 heavy (non-hydrogen) atoms. The molecule has 3 aliphatic rings. The topological polar surface area (TPSA) is 65.5 Å². The number of carbonyl (C=O) groups is 2. The number of nitrogens with zero attached hydrogens (tertiary/aromatic N) is 3. The molecule has 1 aliphatic carbocycles. The predicted octanol–water partition coefficient (Wildman–Crippen LogP) is 1.49. The second-order valence-corrected chi connectivity index (χ2v) is 7.01. The number of aromatic nitrogens is 1. The van der Waals surface area contributed by atoms with Crippen LogP contribution in [0.15, 0.2) is 35.5 Å². The maximum atomic E-state index is 12.7. The van der Waals surface area contributed by atoms with Crippen molar-refractivity contribution in [3.8, 4) is 0 Å². The van der Waals surface area contributed by atoms with Crippen LogP contribution >= 0.6 is 0 Å². The zero-order valence-corrected chi connectivity index (χ0v) is 14.4. The molecule has 4 rings (SSSR count). The first-order chi connectivity index (χ1) is 12.2. The Bertz CT molecular complexity index is 693. The molecule has 2 aliphatic heterocycles. The van der Waals surface area contributed by atoms with Gasteiger partial charge in [0.25, 0.3) is 0 Å². The van der Waals surface area contributed by atoms with Crippen LogP contribution < -0.4 is 10.2 Å². The van der Waals surface area contributed by atoms with Crippen LogP contribution in [0.3, 0.4) is 0 Å². The van der Waals surface area contributed by atoms with Crippen LogP contribution in [-0.2, 0) is 9.59 Å². The van der Waals surface area contributed by atoms with Gasteiger partial charge in [-0.15, -0.1) is 0 Å². The predicted molar refractivity (Wildman–Crippen MR) is 95.1 cm³/mol. The van der Waals surface area contributed by atoms with Gasteiger partial charge >= 0.3 is 0 Å². The summed E-state index contributed by atoms with van der Waals surface area (Å²) in [5.41, 5.74) is 1.93. The van der Waals surface area contributed by atoms with E-state index in [1.54, 1.807) is 6.20 Å². The summed E-state index contributed by atoms with van der Waals surface area (Å²) >= 11 is 0. The monoisotopic (exact) mass is 340 g/mol. The number of anilines is 1. The summed E-state index contributed by atoms with van der Waals surface area (Å²) in [5.74, 6) is 1.01. The molecular formula is C19H24N4O2. The second-order valence-electron chi connectivity index (χ2n) is 7.01. The van der Waals surface area contributed by atoms with Gasteiger partial charge in [-0.2, -0.15) is 0 Å².